The first kappa shape index (κ1) is 21.1. The van der Waals surface area contributed by atoms with Gasteiger partial charge in [0, 0.05) is 45.7 Å². The molecular weight excluding hydrogens is 425 g/mol. The van der Waals surface area contributed by atoms with Crippen LogP contribution in [0.3, 0.4) is 0 Å². The second-order valence-corrected chi connectivity index (χ2v) is 5.57. The van der Waals surface area contributed by atoms with Crippen LogP contribution in [0.2, 0.25) is 0 Å². The number of nitrogens with zero attached hydrogens (tertiary/aromatic N) is 3. The van der Waals surface area contributed by atoms with Gasteiger partial charge in [-0.1, -0.05) is 5.16 Å². The fraction of sp³-hybridized carbons (Fsp3) is 0.800. The molecule has 0 spiro atoms. The molecular formula is C15H28IN5O3. The van der Waals surface area contributed by atoms with Crippen LogP contribution in [-0.2, 0) is 15.9 Å². The van der Waals surface area contributed by atoms with Gasteiger partial charge in [-0.15, -0.1) is 24.0 Å². The molecule has 1 unspecified atom stereocenters. The van der Waals surface area contributed by atoms with Crippen LogP contribution in [0.25, 0.3) is 0 Å². The van der Waals surface area contributed by atoms with E-state index in [2.05, 4.69) is 25.8 Å². The summed E-state index contributed by atoms with van der Waals surface area (Å²) in [4.78, 5) is 8.33. The Labute approximate surface area is 160 Å². The van der Waals surface area contributed by atoms with Crippen molar-refractivity contribution < 1.29 is 14.0 Å². The van der Waals surface area contributed by atoms with Crippen molar-refractivity contribution in [3.8, 4) is 0 Å². The van der Waals surface area contributed by atoms with Crippen molar-refractivity contribution in [2.24, 2.45) is 10.9 Å². The normalized spacial score (nSPS) is 17.6. The summed E-state index contributed by atoms with van der Waals surface area (Å²) in [6.07, 6.45) is 2.74. The van der Waals surface area contributed by atoms with Crippen molar-refractivity contribution in [2.75, 3.05) is 46.6 Å². The predicted octanol–water partition coefficient (Wildman–Crippen LogP) is 1.15. The quantitative estimate of drug-likeness (QED) is 0.251. The van der Waals surface area contributed by atoms with Crippen molar-refractivity contribution >= 4 is 29.9 Å². The molecule has 2 heterocycles. The number of aliphatic imine (C=N–C) groups is 1. The lowest BCUT2D eigenvalue weighted by Crippen LogP contribution is -2.39. The van der Waals surface area contributed by atoms with Crippen LogP contribution in [0.1, 0.15) is 24.6 Å². The number of aromatic nitrogens is 2. The number of rotatable bonds is 9. The van der Waals surface area contributed by atoms with Gasteiger partial charge in [-0.25, -0.2) is 0 Å². The Morgan fingerprint density at radius 2 is 2.21 bits per heavy atom. The molecule has 0 saturated carbocycles. The third kappa shape index (κ3) is 8.25. The zero-order valence-corrected chi connectivity index (χ0v) is 16.7. The van der Waals surface area contributed by atoms with Gasteiger partial charge < -0.3 is 24.6 Å². The first-order chi connectivity index (χ1) is 11.3. The topological polar surface area (TPSA) is 93.8 Å². The second kappa shape index (κ2) is 12.4. The molecule has 9 heteroatoms. The maximum absolute atomic E-state index is 5.67. The summed E-state index contributed by atoms with van der Waals surface area (Å²) in [5.41, 5.74) is 0. The Morgan fingerprint density at radius 1 is 1.38 bits per heavy atom. The molecule has 138 valence electrons. The van der Waals surface area contributed by atoms with Gasteiger partial charge in [-0.05, 0) is 19.8 Å². The molecule has 8 nitrogen and oxygen atoms in total. The van der Waals surface area contributed by atoms with Crippen LogP contribution in [0.4, 0.5) is 0 Å². The fourth-order valence-electron chi connectivity index (χ4n) is 2.30. The average Bonchev–Trinajstić information content (AvgIpc) is 3.20. The third-order valence-corrected chi connectivity index (χ3v) is 3.56. The van der Waals surface area contributed by atoms with Crippen LogP contribution < -0.4 is 10.6 Å². The number of ether oxygens (including phenoxy) is 2. The Balaban J connectivity index is 0.00000288. The molecule has 1 atom stereocenters. The highest BCUT2D eigenvalue weighted by Crippen LogP contribution is 2.12. The minimum absolute atomic E-state index is 0. The molecule has 1 aliphatic rings. The second-order valence-electron chi connectivity index (χ2n) is 5.57. The Hall–Kier alpha value is -0.940. The van der Waals surface area contributed by atoms with Gasteiger partial charge in [-0.2, -0.15) is 4.98 Å². The molecule has 1 aromatic rings. The first-order valence-electron chi connectivity index (χ1n) is 8.17. The van der Waals surface area contributed by atoms with Gasteiger partial charge >= 0.3 is 0 Å². The van der Waals surface area contributed by atoms with Crippen LogP contribution in [0, 0.1) is 12.8 Å². The van der Waals surface area contributed by atoms with E-state index in [9.17, 15) is 0 Å². The molecule has 0 amide bonds. The predicted molar refractivity (Wildman–Crippen MR) is 102 cm³/mol. The molecule has 0 aromatic carbocycles. The van der Waals surface area contributed by atoms with Crippen molar-refractivity contribution in [3.05, 3.63) is 11.7 Å². The molecule has 2 N–H and O–H groups in total. The van der Waals surface area contributed by atoms with E-state index in [0.717, 1.165) is 51.8 Å². The van der Waals surface area contributed by atoms with E-state index >= 15 is 0 Å². The SMILES string of the molecule is CN=C(NCCCOCC1CCOC1)NCCc1nc(C)no1.I. The lowest BCUT2D eigenvalue weighted by atomic mass is 10.1. The lowest BCUT2D eigenvalue weighted by molar-refractivity contribution is 0.0888. The molecule has 0 aliphatic carbocycles. The smallest absolute Gasteiger partial charge is 0.228 e. The van der Waals surface area contributed by atoms with Gasteiger partial charge in [0.05, 0.1) is 13.2 Å². The standard InChI is InChI=1S/C15H27N5O3.HI/c1-12-19-14(23-20-12)4-7-18-15(16-2)17-6-3-8-21-10-13-5-9-22-11-13;/h13H,3-11H2,1-2H3,(H2,16,17,18);1H. The number of aryl methyl sites for hydroxylation is 1. The van der Waals surface area contributed by atoms with Crippen molar-refractivity contribution in [3.63, 3.8) is 0 Å². The Kier molecular flexibility index (Phi) is 10.9. The van der Waals surface area contributed by atoms with E-state index in [0.29, 0.717) is 30.6 Å². The maximum Gasteiger partial charge on any atom is 0.228 e. The summed E-state index contributed by atoms with van der Waals surface area (Å²) in [6.45, 7) is 6.59. The largest absolute Gasteiger partial charge is 0.381 e. The molecule has 2 rings (SSSR count). The third-order valence-electron chi connectivity index (χ3n) is 3.56. The number of guanidine groups is 1. The van der Waals surface area contributed by atoms with Crippen LogP contribution >= 0.6 is 24.0 Å². The number of nitrogens with one attached hydrogen (secondary N) is 2. The molecule has 1 saturated heterocycles. The summed E-state index contributed by atoms with van der Waals surface area (Å²) in [5, 5.41) is 10.2. The average molecular weight is 453 g/mol. The molecule has 24 heavy (non-hydrogen) atoms. The minimum Gasteiger partial charge on any atom is -0.381 e. The van der Waals surface area contributed by atoms with Gasteiger partial charge in [-0.3, -0.25) is 4.99 Å². The number of halogens is 1. The summed E-state index contributed by atoms with van der Waals surface area (Å²) in [6, 6.07) is 0. The molecule has 1 aromatic heterocycles. The van der Waals surface area contributed by atoms with Crippen molar-refractivity contribution in [1.29, 1.82) is 0 Å². The Morgan fingerprint density at radius 3 is 2.88 bits per heavy atom. The van der Waals surface area contributed by atoms with E-state index in [-0.39, 0.29) is 24.0 Å². The number of hydrogen-bond donors (Lipinski definition) is 2. The highest BCUT2D eigenvalue weighted by atomic mass is 127. The van der Waals surface area contributed by atoms with E-state index in [1.807, 2.05) is 6.92 Å². The van der Waals surface area contributed by atoms with Gasteiger partial charge in [0.2, 0.25) is 5.89 Å². The van der Waals surface area contributed by atoms with Crippen LogP contribution in [0.5, 0.6) is 0 Å². The van der Waals surface area contributed by atoms with Gasteiger partial charge in [0.1, 0.15) is 0 Å². The lowest BCUT2D eigenvalue weighted by Gasteiger charge is -2.12. The molecule has 0 bridgehead atoms. The van der Waals surface area contributed by atoms with Crippen LogP contribution in [-0.4, -0.2) is 62.7 Å². The zero-order chi connectivity index (χ0) is 16.3. The summed E-state index contributed by atoms with van der Waals surface area (Å²) >= 11 is 0. The zero-order valence-electron chi connectivity index (χ0n) is 14.4. The summed E-state index contributed by atoms with van der Waals surface area (Å²) in [7, 11) is 1.75. The highest BCUT2D eigenvalue weighted by molar-refractivity contribution is 14.0. The van der Waals surface area contributed by atoms with E-state index in [1.54, 1.807) is 7.05 Å². The van der Waals surface area contributed by atoms with Gasteiger partial charge in [0.25, 0.3) is 0 Å². The molecule has 1 aliphatic heterocycles. The van der Waals surface area contributed by atoms with E-state index in [1.165, 1.54) is 0 Å². The molecule has 1 fully saturated rings. The Bertz CT molecular complexity index is 477. The minimum atomic E-state index is 0. The number of hydrogen-bond acceptors (Lipinski definition) is 6. The van der Waals surface area contributed by atoms with E-state index in [4.69, 9.17) is 14.0 Å². The summed E-state index contributed by atoms with van der Waals surface area (Å²) in [5.74, 6) is 2.64. The highest BCUT2D eigenvalue weighted by Gasteiger charge is 2.15. The summed E-state index contributed by atoms with van der Waals surface area (Å²) < 4.78 is 16.0. The maximum atomic E-state index is 5.67. The van der Waals surface area contributed by atoms with E-state index < -0.39 is 0 Å². The van der Waals surface area contributed by atoms with Gasteiger partial charge in [0.15, 0.2) is 11.8 Å². The monoisotopic (exact) mass is 453 g/mol. The molecule has 0 radical (unpaired) electrons. The van der Waals surface area contributed by atoms with Crippen molar-refractivity contribution in [2.45, 2.75) is 26.2 Å². The first-order valence-corrected chi connectivity index (χ1v) is 8.17. The van der Waals surface area contributed by atoms with Crippen molar-refractivity contribution in [1.82, 2.24) is 20.8 Å². The van der Waals surface area contributed by atoms with Crippen LogP contribution in [0.15, 0.2) is 9.52 Å². The fourth-order valence-corrected chi connectivity index (χ4v) is 2.30.